The predicted molar refractivity (Wildman–Crippen MR) is 124 cm³/mol. The molecule has 0 spiro atoms. The van der Waals surface area contributed by atoms with E-state index in [1.54, 1.807) is 18.4 Å². The summed E-state index contributed by atoms with van der Waals surface area (Å²) in [5.41, 5.74) is 1.23. The molecule has 0 saturated carbocycles. The molecule has 1 aliphatic carbocycles. The second-order valence-electron chi connectivity index (χ2n) is 9.11. The summed E-state index contributed by atoms with van der Waals surface area (Å²) in [4.78, 5) is 37.8. The number of ether oxygens (including phenoxy) is 1. The molecule has 0 radical (unpaired) electrons. The molecular formula is C23H34N4O3S. The van der Waals surface area contributed by atoms with Gasteiger partial charge in [0.25, 0.3) is 5.56 Å². The molecule has 31 heavy (non-hydrogen) atoms. The van der Waals surface area contributed by atoms with Crippen LogP contribution >= 0.6 is 11.3 Å². The van der Waals surface area contributed by atoms with Gasteiger partial charge in [0.15, 0.2) is 0 Å². The fourth-order valence-corrected chi connectivity index (χ4v) is 6.25. The van der Waals surface area contributed by atoms with Gasteiger partial charge in [-0.2, -0.15) is 0 Å². The van der Waals surface area contributed by atoms with Crippen LogP contribution in [0.15, 0.2) is 4.79 Å². The van der Waals surface area contributed by atoms with E-state index in [1.807, 2.05) is 0 Å². The second kappa shape index (κ2) is 9.79. The van der Waals surface area contributed by atoms with Crippen LogP contribution in [0.5, 0.6) is 0 Å². The Bertz CT molecular complexity index is 977. The number of rotatable bonds is 7. The zero-order chi connectivity index (χ0) is 22.0. The largest absolute Gasteiger partial charge is 0.385 e. The molecule has 1 amide bonds. The topological polar surface area (TPSA) is 87.3 Å². The van der Waals surface area contributed by atoms with Crippen molar-refractivity contribution in [3.05, 3.63) is 26.6 Å². The number of nitrogens with one attached hydrogen (secondary N) is 2. The molecule has 2 N–H and O–H groups in total. The molecule has 2 unspecified atom stereocenters. The zero-order valence-corrected chi connectivity index (χ0v) is 19.6. The van der Waals surface area contributed by atoms with E-state index in [4.69, 9.17) is 9.72 Å². The van der Waals surface area contributed by atoms with Crippen LogP contribution in [0.1, 0.15) is 61.8 Å². The highest BCUT2D eigenvalue weighted by Crippen LogP contribution is 2.36. The lowest BCUT2D eigenvalue weighted by molar-refractivity contribution is -0.126. The van der Waals surface area contributed by atoms with Crippen LogP contribution in [-0.2, 0) is 22.4 Å². The molecule has 2 aromatic rings. The van der Waals surface area contributed by atoms with Gasteiger partial charge in [0.2, 0.25) is 5.91 Å². The van der Waals surface area contributed by atoms with Gasteiger partial charge in [0.1, 0.15) is 10.7 Å². The van der Waals surface area contributed by atoms with Gasteiger partial charge in [0.05, 0.1) is 11.4 Å². The van der Waals surface area contributed by atoms with Crippen LogP contribution in [0.25, 0.3) is 10.2 Å². The maximum Gasteiger partial charge on any atom is 0.259 e. The number of thiophene rings is 1. The first-order chi connectivity index (χ1) is 15.0. The van der Waals surface area contributed by atoms with Gasteiger partial charge in [-0.3, -0.25) is 14.5 Å². The first kappa shape index (κ1) is 22.4. The zero-order valence-electron chi connectivity index (χ0n) is 18.8. The number of aryl methyl sites for hydroxylation is 1. The van der Waals surface area contributed by atoms with Gasteiger partial charge in [-0.05, 0) is 70.0 Å². The van der Waals surface area contributed by atoms with Crippen molar-refractivity contribution in [2.75, 3.05) is 33.4 Å². The number of carbonyl (C=O) groups is 1. The number of hydrogen-bond acceptors (Lipinski definition) is 6. The third-order valence-corrected chi connectivity index (χ3v) is 8.00. The lowest BCUT2D eigenvalue weighted by Crippen LogP contribution is -2.42. The van der Waals surface area contributed by atoms with E-state index in [-0.39, 0.29) is 23.4 Å². The highest BCUT2D eigenvalue weighted by Gasteiger charge is 2.29. The molecule has 2 aliphatic rings. The first-order valence-corrected chi connectivity index (χ1v) is 12.3. The highest BCUT2D eigenvalue weighted by molar-refractivity contribution is 7.18. The van der Waals surface area contributed by atoms with E-state index < -0.39 is 0 Å². The van der Waals surface area contributed by atoms with E-state index >= 15 is 0 Å². The molecule has 2 atom stereocenters. The summed E-state index contributed by atoms with van der Waals surface area (Å²) >= 11 is 1.70. The third kappa shape index (κ3) is 4.86. The molecule has 7 nitrogen and oxygen atoms in total. The van der Waals surface area contributed by atoms with Gasteiger partial charge in [-0.15, -0.1) is 11.3 Å². The van der Waals surface area contributed by atoms with E-state index in [0.717, 1.165) is 67.7 Å². The summed E-state index contributed by atoms with van der Waals surface area (Å²) in [7, 11) is 1.67. The van der Waals surface area contributed by atoms with Crippen LogP contribution in [0.2, 0.25) is 0 Å². The van der Waals surface area contributed by atoms with Crippen molar-refractivity contribution in [2.45, 2.75) is 58.4 Å². The number of nitrogens with zero attached hydrogens (tertiary/aromatic N) is 2. The fourth-order valence-electron chi connectivity index (χ4n) is 4.86. The number of likely N-dealkylation sites (tertiary alicyclic amines) is 1. The van der Waals surface area contributed by atoms with E-state index in [9.17, 15) is 9.59 Å². The Labute approximate surface area is 187 Å². The van der Waals surface area contributed by atoms with Gasteiger partial charge < -0.3 is 15.0 Å². The number of methoxy groups -OCH3 is 1. The van der Waals surface area contributed by atoms with Gasteiger partial charge >= 0.3 is 0 Å². The van der Waals surface area contributed by atoms with Crippen molar-refractivity contribution < 1.29 is 9.53 Å². The average molecular weight is 447 g/mol. The van der Waals surface area contributed by atoms with Crippen LogP contribution in [0, 0.1) is 11.8 Å². The SMILES string of the molecule is COCCCNC(=O)C1CCN(C(C)c2nc3sc4c(c3c(=O)[nH]2)CCC(C)C4)CC1. The number of aromatic amines is 1. The summed E-state index contributed by atoms with van der Waals surface area (Å²) in [5, 5.41) is 3.83. The maximum atomic E-state index is 12.9. The van der Waals surface area contributed by atoms with Crippen molar-refractivity contribution in [3.63, 3.8) is 0 Å². The normalized spacial score (nSPS) is 21.2. The number of aromatic nitrogens is 2. The minimum absolute atomic E-state index is 0.00391. The van der Waals surface area contributed by atoms with Crippen molar-refractivity contribution in [1.82, 2.24) is 20.2 Å². The highest BCUT2D eigenvalue weighted by atomic mass is 32.1. The van der Waals surface area contributed by atoms with Crippen LogP contribution in [0.3, 0.4) is 0 Å². The first-order valence-electron chi connectivity index (χ1n) is 11.5. The Balaban J connectivity index is 1.40. The van der Waals surface area contributed by atoms with Crippen molar-refractivity contribution in [2.24, 2.45) is 11.8 Å². The lowest BCUT2D eigenvalue weighted by atomic mass is 9.89. The number of fused-ring (bicyclic) bond motifs is 3. The number of amides is 1. The molecule has 2 aromatic heterocycles. The summed E-state index contributed by atoms with van der Waals surface area (Å²) < 4.78 is 5.03. The standard InChI is InChI=1S/C23H34N4O3S/c1-14-5-6-17-18(13-14)31-23-19(17)22(29)25-20(26-23)15(2)27-10-7-16(8-11-27)21(28)24-9-4-12-30-3/h14-16H,4-13H2,1-3H3,(H,24,28)(H,25,26,29). The number of hydrogen-bond donors (Lipinski definition) is 2. The molecule has 4 rings (SSSR count). The molecule has 1 aliphatic heterocycles. The molecule has 170 valence electrons. The fraction of sp³-hybridized carbons (Fsp3) is 0.696. The Hall–Kier alpha value is -1.77. The van der Waals surface area contributed by atoms with E-state index in [1.165, 1.54) is 10.4 Å². The Morgan fingerprint density at radius 2 is 2.13 bits per heavy atom. The minimum atomic E-state index is 0.00391. The average Bonchev–Trinajstić information content (AvgIpc) is 3.14. The van der Waals surface area contributed by atoms with Crippen LogP contribution in [-0.4, -0.2) is 54.1 Å². The van der Waals surface area contributed by atoms with Gasteiger partial charge in [-0.1, -0.05) is 6.92 Å². The maximum absolute atomic E-state index is 12.9. The molecular weight excluding hydrogens is 412 g/mol. The molecule has 0 aromatic carbocycles. The molecule has 1 fully saturated rings. The molecule has 3 heterocycles. The summed E-state index contributed by atoms with van der Waals surface area (Å²) in [5.74, 6) is 1.63. The Morgan fingerprint density at radius 3 is 2.87 bits per heavy atom. The Morgan fingerprint density at radius 1 is 1.35 bits per heavy atom. The predicted octanol–water partition coefficient (Wildman–Crippen LogP) is 3.04. The van der Waals surface area contributed by atoms with Crippen molar-refractivity contribution in [1.29, 1.82) is 0 Å². The van der Waals surface area contributed by atoms with E-state index in [0.29, 0.717) is 19.1 Å². The Kier molecular flexibility index (Phi) is 7.08. The number of H-pyrrole nitrogens is 1. The molecule has 0 bridgehead atoms. The quantitative estimate of drug-likeness (QED) is 0.639. The van der Waals surface area contributed by atoms with Crippen molar-refractivity contribution in [3.8, 4) is 0 Å². The van der Waals surface area contributed by atoms with Crippen molar-refractivity contribution >= 4 is 27.5 Å². The lowest BCUT2D eigenvalue weighted by Gasteiger charge is -2.35. The van der Waals surface area contributed by atoms with E-state index in [2.05, 4.69) is 29.0 Å². The van der Waals surface area contributed by atoms with Gasteiger partial charge in [-0.25, -0.2) is 4.98 Å². The van der Waals surface area contributed by atoms with Gasteiger partial charge in [0, 0.05) is 31.1 Å². The summed E-state index contributed by atoms with van der Waals surface area (Å²) in [6.07, 6.45) is 5.69. The smallest absolute Gasteiger partial charge is 0.259 e. The van der Waals surface area contributed by atoms with Crippen LogP contribution in [0.4, 0.5) is 0 Å². The summed E-state index contributed by atoms with van der Waals surface area (Å²) in [6, 6.07) is 0.0286. The van der Waals surface area contributed by atoms with Crippen LogP contribution < -0.4 is 10.9 Å². The monoisotopic (exact) mass is 446 g/mol. The number of piperidine rings is 1. The second-order valence-corrected chi connectivity index (χ2v) is 10.2. The minimum Gasteiger partial charge on any atom is -0.385 e. The number of carbonyl (C=O) groups excluding carboxylic acids is 1. The summed E-state index contributed by atoms with van der Waals surface area (Å²) in [6.45, 7) is 7.37. The molecule has 1 saturated heterocycles. The third-order valence-electron chi connectivity index (χ3n) is 6.85. The molecule has 8 heteroatoms.